The van der Waals surface area contributed by atoms with E-state index >= 15 is 0 Å². The number of benzene rings is 1. The third-order valence-corrected chi connectivity index (χ3v) is 7.43. The number of aryl methyl sites for hydroxylation is 1. The van der Waals surface area contributed by atoms with Gasteiger partial charge in [-0.05, 0) is 43.4 Å². The summed E-state index contributed by atoms with van der Waals surface area (Å²) in [7, 11) is 0. The van der Waals surface area contributed by atoms with E-state index in [1.54, 1.807) is 25.1 Å². The molecule has 2 aromatic heterocycles. The van der Waals surface area contributed by atoms with E-state index < -0.39 is 86.7 Å². The molecule has 0 radical (unpaired) electrons. The van der Waals surface area contributed by atoms with Gasteiger partial charge in [0.05, 0.1) is 48.5 Å². The van der Waals surface area contributed by atoms with Crippen LogP contribution in [0, 0.1) is 5.92 Å². The number of rotatable bonds is 10. The topological polar surface area (TPSA) is 105 Å². The van der Waals surface area contributed by atoms with Gasteiger partial charge in [-0.25, -0.2) is 18.7 Å². The molecule has 0 unspecified atom stereocenters. The van der Waals surface area contributed by atoms with Crippen LogP contribution < -0.4 is 10.6 Å². The zero-order chi connectivity index (χ0) is 31.6. The van der Waals surface area contributed by atoms with Gasteiger partial charge >= 0.3 is 12.4 Å². The molecule has 1 saturated carbocycles. The number of fused-ring (bicyclic) bond motifs is 1. The average molecular weight is 623 g/mol. The molecular weight excluding hydrogens is 592 g/mol. The van der Waals surface area contributed by atoms with Crippen LogP contribution in [-0.2, 0) is 11.3 Å². The molecule has 4 rings (SSSR count). The van der Waals surface area contributed by atoms with Crippen LogP contribution >= 0.6 is 0 Å². The molecule has 1 fully saturated rings. The summed E-state index contributed by atoms with van der Waals surface area (Å²) in [6.45, 7) is 1.06. The van der Waals surface area contributed by atoms with Gasteiger partial charge in [0.25, 0.3) is 5.91 Å². The number of halogens is 8. The first-order valence-corrected chi connectivity index (χ1v) is 13.6. The second kappa shape index (κ2) is 12.5. The van der Waals surface area contributed by atoms with E-state index in [9.17, 15) is 44.7 Å². The minimum Gasteiger partial charge on any atom is -0.350 e. The quantitative estimate of drug-likeness (QED) is 0.224. The smallest absolute Gasteiger partial charge is 0.350 e. The second-order valence-electron chi connectivity index (χ2n) is 10.8. The summed E-state index contributed by atoms with van der Waals surface area (Å²) in [6, 6.07) is 3.30. The fourth-order valence-corrected chi connectivity index (χ4v) is 5.07. The number of carbonyl (C=O) groups excluding carboxylic acids is 2. The monoisotopic (exact) mass is 622 g/mol. The van der Waals surface area contributed by atoms with Crippen LogP contribution in [0.1, 0.15) is 85.8 Å². The fraction of sp³-hybridized carbons (Fsp3) is 0.556. The van der Waals surface area contributed by atoms with Gasteiger partial charge in [-0.3, -0.25) is 9.59 Å². The zero-order valence-corrected chi connectivity index (χ0v) is 23.0. The molecule has 3 aromatic rings. The van der Waals surface area contributed by atoms with Crippen molar-refractivity contribution in [3.05, 3.63) is 47.8 Å². The third kappa shape index (κ3) is 8.89. The average Bonchev–Trinajstić information content (AvgIpc) is 3.55. The van der Waals surface area contributed by atoms with Crippen LogP contribution in [0.3, 0.4) is 0 Å². The summed E-state index contributed by atoms with van der Waals surface area (Å²) in [5.41, 5.74) is 1.31. The largest absolute Gasteiger partial charge is 0.390 e. The van der Waals surface area contributed by atoms with E-state index in [2.05, 4.69) is 25.6 Å². The Labute approximate surface area is 240 Å². The number of aromatic amines is 1. The number of amides is 2. The summed E-state index contributed by atoms with van der Waals surface area (Å²) >= 11 is 0. The minimum atomic E-state index is -4.46. The summed E-state index contributed by atoms with van der Waals surface area (Å²) in [6.07, 6.45) is -10.6. The number of H-pyrrole nitrogens is 1. The van der Waals surface area contributed by atoms with Crippen molar-refractivity contribution in [3.63, 3.8) is 0 Å². The fourth-order valence-electron chi connectivity index (χ4n) is 5.07. The van der Waals surface area contributed by atoms with Crippen LogP contribution in [-0.4, -0.2) is 49.6 Å². The van der Waals surface area contributed by atoms with E-state index in [-0.39, 0.29) is 24.4 Å². The number of imidazole rings is 2. The zero-order valence-electron chi connectivity index (χ0n) is 23.0. The summed E-state index contributed by atoms with van der Waals surface area (Å²) < 4.78 is 105. The predicted molar refractivity (Wildman–Crippen MR) is 138 cm³/mol. The molecule has 0 aliphatic heterocycles. The highest BCUT2D eigenvalue weighted by Crippen LogP contribution is 2.41. The van der Waals surface area contributed by atoms with Crippen LogP contribution in [0.2, 0.25) is 0 Å². The normalized spacial score (nSPS) is 17.5. The molecule has 43 heavy (non-hydrogen) atoms. The number of hydrogen-bond acceptors (Lipinski definition) is 4. The van der Waals surface area contributed by atoms with Crippen LogP contribution in [0.4, 0.5) is 35.1 Å². The molecule has 1 aromatic carbocycles. The highest BCUT2D eigenvalue weighted by atomic mass is 19.4. The van der Waals surface area contributed by atoms with Gasteiger partial charge in [-0.2, -0.15) is 26.3 Å². The molecule has 236 valence electrons. The Morgan fingerprint density at radius 1 is 1.07 bits per heavy atom. The van der Waals surface area contributed by atoms with Crippen LogP contribution in [0.5, 0.6) is 0 Å². The SMILES string of the molecule is C[C@@H](NC(=O)CCC(F)(F)F)c1ccc2nc([C@@H](NC(=O)c3cncn3CCC(F)(F)F)C3CCC(F)(F)CC3)[nH]c2c1. The van der Waals surface area contributed by atoms with E-state index in [0.717, 1.165) is 17.1 Å². The Morgan fingerprint density at radius 3 is 2.40 bits per heavy atom. The van der Waals surface area contributed by atoms with Gasteiger partial charge in [0, 0.05) is 25.8 Å². The minimum absolute atomic E-state index is 0.0502. The second-order valence-corrected chi connectivity index (χ2v) is 10.8. The molecular formula is C27H30F8N6O2. The summed E-state index contributed by atoms with van der Waals surface area (Å²) in [5.74, 6) is -4.62. The molecule has 2 heterocycles. The molecule has 0 saturated heterocycles. The van der Waals surface area contributed by atoms with Crippen molar-refractivity contribution >= 4 is 22.8 Å². The van der Waals surface area contributed by atoms with Crippen molar-refractivity contribution in [2.24, 2.45) is 5.92 Å². The maximum atomic E-state index is 13.9. The van der Waals surface area contributed by atoms with Crippen molar-refractivity contribution in [2.75, 3.05) is 0 Å². The lowest BCUT2D eigenvalue weighted by molar-refractivity contribution is -0.144. The summed E-state index contributed by atoms with van der Waals surface area (Å²) in [4.78, 5) is 36.6. The molecule has 1 aliphatic carbocycles. The molecule has 2 amide bonds. The lowest BCUT2D eigenvalue weighted by Gasteiger charge is -2.33. The van der Waals surface area contributed by atoms with Crippen molar-refractivity contribution < 1.29 is 44.7 Å². The van der Waals surface area contributed by atoms with Gasteiger partial charge in [0.2, 0.25) is 11.8 Å². The number of hydrogen-bond donors (Lipinski definition) is 3. The van der Waals surface area contributed by atoms with Gasteiger partial charge in [0.1, 0.15) is 11.5 Å². The number of nitrogens with zero attached hydrogens (tertiary/aromatic N) is 3. The first-order valence-electron chi connectivity index (χ1n) is 13.6. The summed E-state index contributed by atoms with van der Waals surface area (Å²) in [5, 5.41) is 5.26. The van der Waals surface area contributed by atoms with Crippen LogP contribution in [0.25, 0.3) is 11.0 Å². The molecule has 1 aliphatic rings. The number of carbonyl (C=O) groups is 2. The Hall–Kier alpha value is -3.72. The molecule has 3 N–H and O–H groups in total. The van der Waals surface area contributed by atoms with Crippen molar-refractivity contribution in [1.82, 2.24) is 30.2 Å². The maximum absolute atomic E-state index is 13.9. The van der Waals surface area contributed by atoms with Gasteiger partial charge in [0.15, 0.2) is 0 Å². The molecule has 2 atom stereocenters. The molecule has 0 spiro atoms. The first-order chi connectivity index (χ1) is 20.0. The first kappa shape index (κ1) is 32.2. The van der Waals surface area contributed by atoms with E-state index in [4.69, 9.17) is 0 Å². The number of alkyl halides is 8. The Morgan fingerprint density at radius 2 is 1.74 bits per heavy atom. The third-order valence-electron chi connectivity index (χ3n) is 7.43. The van der Waals surface area contributed by atoms with Gasteiger partial charge in [-0.1, -0.05) is 6.07 Å². The number of aromatic nitrogens is 4. The lowest BCUT2D eigenvalue weighted by Crippen LogP contribution is -2.38. The number of nitrogens with one attached hydrogen (secondary N) is 3. The lowest BCUT2D eigenvalue weighted by atomic mass is 9.81. The van der Waals surface area contributed by atoms with Crippen molar-refractivity contribution in [1.29, 1.82) is 0 Å². The predicted octanol–water partition coefficient (Wildman–Crippen LogP) is 6.53. The molecule has 8 nitrogen and oxygen atoms in total. The van der Waals surface area contributed by atoms with Gasteiger partial charge < -0.3 is 20.2 Å². The molecule has 0 bridgehead atoms. The maximum Gasteiger partial charge on any atom is 0.390 e. The Bertz CT molecular complexity index is 1420. The van der Waals surface area contributed by atoms with Crippen molar-refractivity contribution in [3.8, 4) is 0 Å². The highest BCUT2D eigenvalue weighted by molar-refractivity contribution is 5.92. The van der Waals surface area contributed by atoms with E-state index in [1.165, 1.54) is 0 Å². The Kier molecular flexibility index (Phi) is 9.35. The van der Waals surface area contributed by atoms with Crippen LogP contribution in [0.15, 0.2) is 30.7 Å². The molecule has 16 heteroatoms. The van der Waals surface area contributed by atoms with E-state index in [1.807, 2.05) is 0 Å². The van der Waals surface area contributed by atoms with Crippen molar-refractivity contribution in [2.45, 2.75) is 88.8 Å². The Balaban J connectivity index is 1.55. The standard InChI is InChI=1S/C27H30F8N6O2/c1-15(37-21(42)6-9-26(30,31)32)17-2-3-18-19(12-17)39-23(38-18)22(16-4-7-25(28,29)8-5-16)40-24(43)20-13-36-14-41(20)11-10-27(33,34)35/h2-3,12-16,22H,4-11H2,1H3,(H,37,42)(H,38,39)(H,40,43)/t15-,22+/m1/s1. The van der Waals surface area contributed by atoms with Gasteiger partial charge in [-0.15, -0.1) is 0 Å². The van der Waals surface area contributed by atoms with E-state index in [0.29, 0.717) is 16.6 Å². The highest BCUT2D eigenvalue weighted by Gasteiger charge is 2.40.